The van der Waals surface area contributed by atoms with Crippen molar-refractivity contribution in [3.8, 4) is 44.5 Å². The molecule has 0 aliphatic rings. The summed E-state index contributed by atoms with van der Waals surface area (Å²) in [5, 5.41) is 6.81. The third-order valence-corrected chi connectivity index (χ3v) is 21.2. The zero-order valence-corrected chi connectivity index (χ0v) is 64.5. The van der Waals surface area contributed by atoms with Crippen LogP contribution in [0.5, 0.6) is 0 Å². The van der Waals surface area contributed by atoms with Crippen LogP contribution >= 0.6 is 92.8 Å². The fourth-order valence-electron chi connectivity index (χ4n) is 12.9. The average molecular weight is 1570 g/mol. The van der Waals surface area contributed by atoms with E-state index in [-0.39, 0.29) is 0 Å². The highest BCUT2D eigenvalue weighted by Crippen LogP contribution is 2.52. The molecule has 0 amide bonds. The Bertz CT molecular complexity index is 4930. The number of rotatable bonds is 18. The summed E-state index contributed by atoms with van der Waals surface area (Å²) in [6, 6.07) is 136. The van der Waals surface area contributed by atoms with Crippen LogP contribution < -0.4 is 24.9 Å². The summed E-state index contributed by atoms with van der Waals surface area (Å²) >= 11 is 52.3. The van der Waals surface area contributed by atoms with Crippen molar-refractivity contribution in [3.05, 3.63) is 441 Å². The van der Waals surface area contributed by atoms with E-state index in [0.29, 0.717) is 40.2 Å². The molecule has 0 unspecified atom stereocenters. The second kappa shape index (κ2) is 35.7. The Balaban J connectivity index is 0.000000217. The van der Waals surface area contributed by atoms with Gasteiger partial charge in [-0.15, -0.1) is 0 Å². The van der Waals surface area contributed by atoms with Gasteiger partial charge in [0.15, 0.2) is 0 Å². The molecule has 0 heterocycles. The van der Waals surface area contributed by atoms with E-state index in [1.165, 1.54) is 0 Å². The van der Waals surface area contributed by atoms with Gasteiger partial charge in [-0.05, 0) is 226 Å². The molecule has 16 aromatic rings. The average Bonchev–Trinajstić information content (AvgIpc) is 0.763. The quantitative estimate of drug-likeness (QED) is 0.0864. The van der Waals surface area contributed by atoms with E-state index in [9.17, 15) is 0 Å². The molecule has 5 nitrogen and oxygen atoms in total. The number of hydrogen-bond acceptors (Lipinski definition) is 5. The molecular weight excluding hydrogens is 1510 g/mol. The van der Waals surface area contributed by atoms with E-state index >= 15 is 0 Å². The molecule has 1 N–H and O–H groups in total. The van der Waals surface area contributed by atoms with Crippen molar-refractivity contribution in [2.24, 2.45) is 0 Å². The lowest BCUT2D eigenvalue weighted by Gasteiger charge is -2.32. The molecule has 0 radical (unpaired) electrons. The maximum atomic E-state index is 7.89. The van der Waals surface area contributed by atoms with Gasteiger partial charge in [0.25, 0.3) is 0 Å². The van der Waals surface area contributed by atoms with Gasteiger partial charge in [-0.25, -0.2) is 0 Å². The normalized spacial score (nSPS) is 10.8. The minimum absolute atomic E-state index is 0.342. The van der Waals surface area contributed by atoms with Crippen molar-refractivity contribution in [1.82, 2.24) is 0 Å². The number of hydrogen-bond donors (Lipinski definition) is 1. The number of nitrogens with zero attached hydrogens (tertiary/aromatic N) is 4. The van der Waals surface area contributed by atoms with E-state index in [4.69, 9.17) is 92.8 Å². The molecule has 0 spiro atoms. The number of benzene rings is 16. The summed E-state index contributed by atoms with van der Waals surface area (Å²) in [5.41, 5.74) is 21.1. The molecule has 532 valence electrons. The maximum Gasteiger partial charge on any atom is 0.0887 e. The Kier molecular flexibility index (Phi) is 24.5. The largest absolute Gasteiger partial charge is 0.356 e. The standard InChI is InChI=1S/C66H48Cl2N4.C18H8Cl6.C12H11N/c67-65-61(69(53-28-9-1-10-29-53)54-30-11-2-12-31-54)45-51(46-62(65)70(55-32-13-3-14-33-55)56-34-15-4-16-35-56)49-26-25-27-50(44-49)52-47-63(71(57-36-17-5-18-37-57)58-38-19-6-20-39-58)66(68)64(48-52)72(59-40-21-7-22-41-59)60-42-23-8-24-43-60;19-13-5-11(6-14(20)17(13)23)9-2-1-3-10(4-9)12-7-15(21)18(24)16(22)8-12;1-3-7-11(8-4-1)13-12-9-5-2-6-10-12/h1-48H;1-8H;1-10,13H. The minimum atomic E-state index is 0.342. The van der Waals surface area contributed by atoms with Crippen molar-refractivity contribution < 1.29 is 0 Å². The number of para-hydroxylation sites is 10. The highest BCUT2D eigenvalue weighted by Gasteiger charge is 2.27. The first-order chi connectivity index (χ1) is 53.4. The fraction of sp³-hybridized carbons (Fsp3) is 0. The van der Waals surface area contributed by atoms with E-state index in [0.717, 1.165) is 124 Å². The first-order valence-corrected chi connectivity index (χ1v) is 38.1. The number of anilines is 14. The molecule has 0 aliphatic carbocycles. The van der Waals surface area contributed by atoms with Crippen LogP contribution in [0.2, 0.25) is 40.2 Å². The van der Waals surface area contributed by atoms with Gasteiger partial charge in [-0.3, -0.25) is 0 Å². The summed E-state index contributed by atoms with van der Waals surface area (Å²) in [7, 11) is 0. The second-order valence-corrected chi connectivity index (χ2v) is 28.4. The maximum absolute atomic E-state index is 7.89. The second-order valence-electron chi connectivity index (χ2n) is 25.2. The van der Waals surface area contributed by atoms with E-state index in [2.05, 4.69) is 268 Å². The lowest BCUT2D eigenvalue weighted by atomic mass is 9.96. The molecule has 0 saturated carbocycles. The van der Waals surface area contributed by atoms with Crippen molar-refractivity contribution in [3.63, 3.8) is 0 Å². The summed E-state index contributed by atoms with van der Waals surface area (Å²) in [6.07, 6.45) is 0. The molecule has 13 heteroatoms. The SMILES string of the molecule is Clc1c(N(c2ccccc2)c2ccccc2)cc(-c2cccc(-c3cc(N(c4ccccc4)c4ccccc4)c(Cl)c(N(c4ccccc4)c4ccccc4)c3)c2)cc1N(c1ccccc1)c1ccccc1.Clc1cc(-c2cccc(-c3cc(Cl)c(Cl)c(Cl)c3)c2)cc(Cl)c1Cl.c1ccc(Nc2ccccc2)cc1. The Morgan fingerprint density at radius 3 is 0.523 bits per heavy atom. The first-order valence-electron chi connectivity index (χ1n) is 35.1. The number of nitrogens with one attached hydrogen (secondary N) is 1. The minimum Gasteiger partial charge on any atom is -0.356 e. The molecule has 16 aromatic carbocycles. The third-order valence-electron chi connectivity index (χ3n) is 18.0. The smallest absolute Gasteiger partial charge is 0.0887 e. The van der Waals surface area contributed by atoms with Crippen LogP contribution in [-0.4, -0.2) is 0 Å². The Morgan fingerprint density at radius 2 is 0.330 bits per heavy atom. The molecule has 0 aliphatic heterocycles. The Morgan fingerprint density at radius 1 is 0.156 bits per heavy atom. The summed E-state index contributed by atoms with van der Waals surface area (Å²) in [4.78, 5) is 8.98. The first kappa shape index (κ1) is 74.7. The molecule has 0 fully saturated rings. The molecule has 0 saturated heterocycles. The van der Waals surface area contributed by atoms with Gasteiger partial charge in [0, 0.05) is 56.9 Å². The van der Waals surface area contributed by atoms with Crippen LogP contribution in [0.3, 0.4) is 0 Å². The van der Waals surface area contributed by atoms with Crippen molar-refractivity contribution >= 4 is 172 Å². The van der Waals surface area contributed by atoms with Crippen LogP contribution in [0, 0.1) is 0 Å². The van der Waals surface area contributed by atoms with Gasteiger partial charge in [-0.1, -0.05) is 311 Å². The summed E-state index contributed by atoms with van der Waals surface area (Å²) in [5.74, 6) is 0. The molecule has 16 rings (SSSR count). The van der Waals surface area contributed by atoms with Crippen molar-refractivity contribution in [2.45, 2.75) is 0 Å². The summed E-state index contributed by atoms with van der Waals surface area (Å²) < 4.78 is 0. The van der Waals surface area contributed by atoms with Gasteiger partial charge in [0.1, 0.15) is 0 Å². The van der Waals surface area contributed by atoms with Gasteiger partial charge >= 0.3 is 0 Å². The third kappa shape index (κ3) is 17.9. The topological polar surface area (TPSA) is 25.0 Å². The van der Waals surface area contributed by atoms with E-state index in [1.54, 1.807) is 24.3 Å². The molecule has 0 bridgehead atoms. The summed E-state index contributed by atoms with van der Waals surface area (Å²) in [6.45, 7) is 0. The Labute approximate surface area is 676 Å². The monoisotopic (exact) mass is 1570 g/mol. The van der Waals surface area contributed by atoms with Gasteiger partial charge in [-0.2, -0.15) is 0 Å². The van der Waals surface area contributed by atoms with Crippen LogP contribution in [0.4, 0.5) is 79.6 Å². The predicted molar refractivity (Wildman–Crippen MR) is 470 cm³/mol. The van der Waals surface area contributed by atoms with Gasteiger partial charge in [0.2, 0.25) is 0 Å². The van der Waals surface area contributed by atoms with E-state index < -0.39 is 0 Å². The van der Waals surface area contributed by atoms with Crippen LogP contribution in [0.25, 0.3) is 44.5 Å². The molecular formula is C96H67Cl8N5. The zero-order chi connectivity index (χ0) is 75.0. The Hall–Kier alpha value is -11.2. The predicted octanol–water partition coefficient (Wildman–Crippen LogP) is 32.6. The fourth-order valence-corrected chi connectivity index (χ4v) is 14.7. The van der Waals surface area contributed by atoms with Gasteiger partial charge < -0.3 is 24.9 Å². The van der Waals surface area contributed by atoms with E-state index in [1.807, 2.05) is 133 Å². The van der Waals surface area contributed by atoms with Crippen LogP contribution in [-0.2, 0) is 0 Å². The lowest BCUT2D eigenvalue weighted by molar-refractivity contribution is 1.25. The number of halogens is 8. The highest BCUT2D eigenvalue weighted by molar-refractivity contribution is 6.49. The van der Waals surface area contributed by atoms with Crippen LogP contribution in [0.15, 0.2) is 400 Å². The van der Waals surface area contributed by atoms with Crippen molar-refractivity contribution in [2.75, 3.05) is 24.9 Å². The van der Waals surface area contributed by atoms with Crippen molar-refractivity contribution in [1.29, 1.82) is 0 Å². The lowest BCUT2D eigenvalue weighted by Crippen LogP contribution is -2.15. The molecule has 0 atom stereocenters. The molecule has 0 aromatic heterocycles. The molecule has 109 heavy (non-hydrogen) atoms. The zero-order valence-electron chi connectivity index (χ0n) is 58.4. The highest BCUT2D eigenvalue weighted by atomic mass is 35.5. The van der Waals surface area contributed by atoms with Crippen LogP contribution in [0.1, 0.15) is 0 Å². The van der Waals surface area contributed by atoms with Gasteiger partial charge in [0.05, 0.1) is 62.9 Å².